The molecule has 2 heterocycles. The third-order valence-corrected chi connectivity index (χ3v) is 3.25. The van der Waals surface area contributed by atoms with E-state index < -0.39 is 35.7 Å². The SMILES string of the molecule is CC(=O)OC1C[C@@H](n2ccc(=O)[nH]c2=O)O[C@H]1COI. The van der Waals surface area contributed by atoms with Crippen LogP contribution in [-0.2, 0) is 17.3 Å². The number of halogens is 1. The monoisotopic (exact) mass is 396 g/mol. The first kappa shape index (κ1) is 15.2. The highest BCUT2D eigenvalue weighted by Gasteiger charge is 2.38. The van der Waals surface area contributed by atoms with Gasteiger partial charge in [-0.1, -0.05) is 0 Å². The van der Waals surface area contributed by atoms with Gasteiger partial charge in [0.25, 0.3) is 5.56 Å². The molecule has 0 bridgehead atoms. The van der Waals surface area contributed by atoms with E-state index in [1.54, 1.807) is 23.0 Å². The maximum absolute atomic E-state index is 11.7. The molecule has 2 rings (SSSR count). The molecule has 20 heavy (non-hydrogen) atoms. The lowest BCUT2D eigenvalue weighted by molar-refractivity contribution is -0.149. The zero-order valence-electron chi connectivity index (χ0n) is 10.6. The van der Waals surface area contributed by atoms with Gasteiger partial charge in [-0.3, -0.25) is 19.1 Å². The number of H-pyrrole nitrogens is 1. The number of hydrogen-bond acceptors (Lipinski definition) is 6. The minimum atomic E-state index is -0.611. The summed E-state index contributed by atoms with van der Waals surface area (Å²) < 4.78 is 17.0. The molecule has 0 saturated carbocycles. The van der Waals surface area contributed by atoms with Crippen LogP contribution in [0, 0.1) is 0 Å². The van der Waals surface area contributed by atoms with E-state index in [1.807, 2.05) is 0 Å². The van der Waals surface area contributed by atoms with Gasteiger partial charge in [0.05, 0.1) is 6.61 Å². The maximum atomic E-state index is 11.7. The highest BCUT2D eigenvalue weighted by molar-refractivity contribution is 14.1. The molecular weight excluding hydrogens is 383 g/mol. The Balaban J connectivity index is 2.20. The van der Waals surface area contributed by atoms with Crippen molar-refractivity contribution in [2.45, 2.75) is 31.8 Å². The number of carbonyl (C=O) groups is 1. The molecule has 0 radical (unpaired) electrons. The van der Waals surface area contributed by atoms with Crippen molar-refractivity contribution in [2.24, 2.45) is 0 Å². The minimum Gasteiger partial charge on any atom is -0.460 e. The van der Waals surface area contributed by atoms with Crippen LogP contribution in [0.15, 0.2) is 21.9 Å². The quantitative estimate of drug-likeness (QED) is 0.574. The fraction of sp³-hybridized carbons (Fsp3) is 0.545. The summed E-state index contributed by atoms with van der Waals surface area (Å²) in [7, 11) is 0. The topological polar surface area (TPSA) is 99.6 Å². The van der Waals surface area contributed by atoms with E-state index in [-0.39, 0.29) is 6.61 Å². The highest BCUT2D eigenvalue weighted by Crippen LogP contribution is 2.30. The molecule has 1 saturated heterocycles. The first-order chi connectivity index (χ1) is 9.51. The molecule has 1 unspecified atom stereocenters. The number of ether oxygens (including phenoxy) is 2. The van der Waals surface area contributed by atoms with Gasteiger partial charge < -0.3 is 12.5 Å². The molecule has 1 fully saturated rings. The number of nitrogens with zero attached hydrogens (tertiary/aromatic N) is 1. The van der Waals surface area contributed by atoms with E-state index in [9.17, 15) is 14.4 Å². The first-order valence-electron chi connectivity index (χ1n) is 5.89. The van der Waals surface area contributed by atoms with Crippen molar-refractivity contribution in [3.63, 3.8) is 0 Å². The van der Waals surface area contributed by atoms with Crippen molar-refractivity contribution in [2.75, 3.05) is 6.61 Å². The highest BCUT2D eigenvalue weighted by atomic mass is 127. The normalized spacial score (nSPS) is 25.6. The molecule has 1 aromatic rings. The van der Waals surface area contributed by atoms with Gasteiger partial charge in [0.2, 0.25) is 0 Å². The Morgan fingerprint density at radius 3 is 2.95 bits per heavy atom. The first-order valence-corrected chi connectivity index (χ1v) is 6.77. The molecule has 1 aliphatic heterocycles. The van der Waals surface area contributed by atoms with Gasteiger partial charge in [0.15, 0.2) is 0 Å². The van der Waals surface area contributed by atoms with Crippen LogP contribution in [0.4, 0.5) is 0 Å². The van der Waals surface area contributed by atoms with Gasteiger partial charge in [0, 0.05) is 25.6 Å². The van der Waals surface area contributed by atoms with Crippen molar-refractivity contribution in [1.82, 2.24) is 9.55 Å². The lowest BCUT2D eigenvalue weighted by Gasteiger charge is -2.16. The van der Waals surface area contributed by atoms with Gasteiger partial charge in [-0.05, 0) is 0 Å². The lowest BCUT2D eigenvalue weighted by atomic mass is 10.2. The number of nitrogens with one attached hydrogen (secondary N) is 1. The molecule has 0 aromatic carbocycles. The Morgan fingerprint density at radius 1 is 1.60 bits per heavy atom. The molecule has 1 aliphatic rings. The molecule has 0 aliphatic carbocycles. The second-order valence-electron chi connectivity index (χ2n) is 4.31. The Labute approximate surface area is 127 Å². The Morgan fingerprint density at radius 2 is 2.35 bits per heavy atom. The van der Waals surface area contributed by atoms with Crippen LogP contribution >= 0.6 is 23.0 Å². The average molecular weight is 396 g/mol. The van der Waals surface area contributed by atoms with E-state index >= 15 is 0 Å². The van der Waals surface area contributed by atoms with E-state index in [4.69, 9.17) is 12.5 Å². The minimum absolute atomic E-state index is 0.229. The molecule has 1 N–H and O–H groups in total. The summed E-state index contributed by atoms with van der Waals surface area (Å²) in [4.78, 5) is 36.0. The van der Waals surface area contributed by atoms with Crippen LogP contribution in [0.1, 0.15) is 19.6 Å². The summed E-state index contributed by atoms with van der Waals surface area (Å²) >= 11 is 1.72. The van der Waals surface area contributed by atoms with Gasteiger partial charge in [-0.2, -0.15) is 0 Å². The standard InChI is InChI=1S/C11H13IN2O6/c1-6(15)19-7-4-10(20-8(7)5-18-12)14-3-2-9(16)13-11(14)17/h2-3,7-8,10H,4-5H2,1H3,(H,13,16,17)/t7?,8-,10-/m0/s1. The Hall–Kier alpha value is -1.20. The van der Waals surface area contributed by atoms with Crippen LogP contribution in [0.5, 0.6) is 0 Å². The smallest absolute Gasteiger partial charge is 0.330 e. The van der Waals surface area contributed by atoms with Crippen molar-refractivity contribution in [3.05, 3.63) is 33.1 Å². The predicted octanol–water partition coefficient (Wildman–Crippen LogP) is 0.122. The van der Waals surface area contributed by atoms with Crippen LogP contribution in [0.3, 0.4) is 0 Å². The predicted molar refractivity (Wildman–Crippen MR) is 75.4 cm³/mol. The van der Waals surface area contributed by atoms with Gasteiger partial charge in [0.1, 0.15) is 41.4 Å². The molecule has 8 nitrogen and oxygen atoms in total. The average Bonchev–Trinajstić information content (AvgIpc) is 2.72. The Bertz CT molecular complexity index is 597. The summed E-state index contributed by atoms with van der Waals surface area (Å²) in [5.41, 5.74) is -1.05. The molecule has 9 heteroatoms. The van der Waals surface area contributed by atoms with Crippen LogP contribution in [0.25, 0.3) is 0 Å². The zero-order chi connectivity index (χ0) is 14.7. The molecule has 0 amide bonds. The number of rotatable bonds is 4. The van der Waals surface area contributed by atoms with E-state index in [2.05, 4.69) is 4.98 Å². The van der Waals surface area contributed by atoms with Gasteiger partial charge in [-0.25, -0.2) is 4.79 Å². The maximum Gasteiger partial charge on any atom is 0.330 e. The largest absolute Gasteiger partial charge is 0.460 e. The Kier molecular flexibility index (Phi) is 4.94. The van der Waals surface area contributed by atoms with Crippen molar-refractivity contribution in [3.8, 4) is 0 Å². The number of aromatic nitrogens is 2. The molecule has 0 spiro atoms. The van der Waals surface area contributed by atoms with Crippen LogP contribution in [-0.4, -0.2) is 34.3 Å². The fourth-order valence-electron chi connectivity index (χ4n) is 2.07. The number of hydrogen-bond donors (Lipinski definition) is 1. The summed E-state index contributed by atoms with van der Waals surface area (Å²) in [5, 5.41) is 0. The third kappa shape index (κ3) is 3.46. The zero-order valence-corrected chi connectivity index (χ0v) is 12.7. The summed E-state index contributed by atoms with van der Waals surface area (Å²) in [6, 6.07) is 1.23. The second kappa shape index (κ2) is 6.50. The van der Waals surface area contributed by atoms with E-state index in [1.165, 1.54) is 23.8 Å². The van der Waals surface area contributed by atoms with Crippen molar-refractivity contribution < 1.29 is 17.3 Å². The summed E-state index contributed by atoms with van der Waals surface area (Å²) in [6.07, 6.45) is 0.103. The molecular formula is C11H13IN2O6. The fourth-order valence-corrected chi connectivity index (χ4v) is 2.43. The third-order valence-electron chi connectivity index (χ3n) is 2.89. The van der Waals surface area contributed by atoms with Crippen molar-refractivity contribution >= 4 is 29.0 Å². The molecule has 1 aromatic heterocycles. The van der Waals surface area contributed by atoms with E-state index in [0.29, 0.717) is 6.42 Å². The van der Waals surface area contributed by atoms with E-state index in [0.717, 1.165) is 0 Å². The van der Waals surface area contributed by atoms with Gasteiger partial charge in [-0.15, -0.1) is 0 Å². The molecule has 3 atom stereocenters. The molecule has 110 valence electrons. The lowest BCUT2D eigenvalue weighted by Crippen LogP contribution is -2.31. The number of aromatic amines is 1. The van der Waals surface area contributed by atoms with Crippen LogP contribution in [0.2, 0.25) is 0 Å². The van der Waals surface area contributed by atoms with Gasteiger partial charge >= 0.3 is 11.7 Å². The second-order valence-corrected chi connectivity index (χ2v) is 4.93. The summed E-state index contributed by atoms with van der Waals surface area (Å²) in [6.45, 7) is 1.54. The van der Waals surface area contributed by atoms with Crippen LogP contribution < -0.4 is 11.2 Å². The van der Waals surface area contributed by atoms with Crippen molar-refractivity contribution in [1.29, 1.82) is 0 Å². The number of esters is 1. The number of carbonyl (C=O) groups excluding carboxylic acids is 1. The summed E-state index contributed by atoms with van der Waals surface area (Å²) in [5.74, 6) is -0.425.